The number of hydrogen-bond acceptors (Lipinski definition) is 4. The van der Waals surface area contributed by atoms with Crippen LogP contribution in [-0.4, -0.2) is 28.8 Å². The van der Waals surface area contributed by atoms with E-state index in [1.165, 1.54) is 12.0 Å². The monoisotopic (exact) mass is 522 g/mol. The van der Waals surface area contributed by atoms with Crippen LogP contribution in [-0.2, 0) is 22.0 Å². The van der Waals surface area contributed by atoms with Crippen molar-refractivity contribution >= 4 is 40.2 Å². The Morgan fingerprint density at radius 1 is 1.08 bits per heavy atom. The number of aryl methyl sites for hydroxylation is 1. The van der Waals surface area contributed by atoms with Crippen LogP contribution in [0.5, 0.6) is 0 Å². The van der Waals surface area contributed by atoms with E-state index in [-0.39, 0.29) is 17.3 Å². The summed E-state index contributed by atoms with van der Waals surface area (Å²) in [6.07, 6.45) is 6.70. The summed E-state index contributed by atoms with van der Waals surface area (Å²) in [6, 6.07) is 14.1. The molecule has 5 nitrogen and oxygen atoms in total. The maximum atomic E-state index is 13.3. The Hall–Kier alpha value is -2.73. The predicted octanol–water partition coefficient (Wildman–Crippen LogP) is 7.97. The van der Waals surface area contributed by atoms with E-state index in [0.717, 1.165) is 40.7 Å². The number of hydrogen-bond donors (Lipinski definition) is 1. The number of anilines is 1. The Morgan fingerprint density at radius 3 is 2.46 bits per heavy atom. The van der Waals surface area contributed by atoms with Gasteiger partial charge < -0.3 is 14.6 Å². The SMILES string of the molecule is CCCCC(CC)COC(=O)CCSc1cccc2c1c(C(=O)Nc1ccc(C(C)(C)C)cc1)cn2C. The number of fused-ring (bicyclic) bond motifs is 1. The smallest absolute Gasteiger partial charge is 0.306 e. The Kier molecular flexibility index (Phi) is 10.3. The van der Waals surface area contributed by atoms with E-state index in [1.807, 2.05) is 48.1 Å². The summed E-state index contributed by atoms with van der Waals surface area (Å²) in [6.45, 7) is 11.4. The number of carbonyl (C=O) groups is 2. The lowest BCUT2D eigenvalue weighted by Crippen LogP contribution is -2.14. The molecule has 0 aliphatic rings. The molecule has 2 aromatic carbocycles. The first-order valence-corrected chi connectivity index (χ1v) is 14.4. The molecule has 1 N–H and O–H groups in total. The van der Waals surface area contributed by atoms with Crippen LogP contribution in [0.4, 0.5) is 5.69 Å². The van der Waals surface area contributed by atoms with Gasteiger partial charge in [-0.05, 0) is 47.6 Å². The quantitative estimate of drug-likeness (QED) is 0.194. The number of nitrogens with zero attached hydrogens (tertiary/aromatic N) is 1. The fraction of sp³-hybridized carbons (Fsp3) is 0.484. The van der Waals surface area contributed by atoms with Gasteiger partial charge in [0.05, 0.1) is 18.6 Å². The Labute approximate surface area is 226 Å². The zero-order valence-corrected chi connectivity index (χ0v) is 24.0. The largest absolute Gasteiger partial charge is 0.465 e. The van der Waals surface area contributed by atoms with Crippen molar-refractivity contribution in [2.75, 3.05) is 17.7 Å². The van der Waals surface area contributed by atoms with Gasteiger partial charge in [0, 0.05) is 40.5 Å². The summed E-state index contributed by atoms with van der Waals surface area (Å²) in [5, 5.41) is 3.97. The van der Waals surface area contributed by atoms with Crippen LogP contribution in [0.25, 0.3) is 10.9 Å². The number of aromatic nitrogens is 1. The minimum atomic E-state index is -0.153. The summed E-state index contributed by atoms with van der Waals surface area (Å²) < 4.78 is 7.54. The van der Waals surface area contributed by atoms with Gasteiger partial charge in [-0.15, -0.1) is 11.8 Å². The molecule has 0 saturated carbocycles. The van der Waals surface area contributed by atoms with Crippen molar-refractivity contribution in [2.45, 2.75) is 77.0 Å². The van der Waals surface area contributed by atoms with Gasteiger partial charge in [-0.1, -0.05) is 72.1 Å². The van der Waals surface area contributed by atoms with E-state index in [0.29, 0.717) is 30.3 Å². The molecule has 0 bridgehead atoms. The molecule has 1 amide bonds. The Balaban J connectivity index is 1.66. The normalized spacial score (nSPS) is 12.5. The first-order chi connectivity index (χ1) is 17.6. The van der Waals surface area contributed by atoms with Crippen molar-refractivity contribution in [3.63, 3.8) is 0 Å². The average Bonchev–Trinajstić information content (AvgIpc) is 3.21. The molecule has 1 unspecified atom stereocenters. The number of thioether (sulfide) groups is 1. The lowest BCUT2D eigenvalue weighted by molar-refractivity contribution is -0.144. The molecular weight excluding hydrogens is 480 g/mol. The fourth-order valence-corrected chi connectivity index (χ4v) is 5.40. The molecule has 0 saturated heterocycles. The number of rotatable bonds is 12. The van der Waals surface area contributed by atoms with Crippen molar-refractivity contribution in [1.29, 1.82) is 0 Å². The minimum absolute atomic E-state index is 0.0590. The highest BCUT2D eigenvalue weighted by molar-refractivity contribution is 7.99. The Bertz CT molecular complexity index is 1190. The first-order valence-electron chi connectivity index (χ1n) is 13.4. The second-order valence-electron chi connectivity index (χ2n) is 10.8. The highest BCUT2D eigenvalue weighted by atomic mass is 32.2. The summed E-state index contributed by atoms with van der Waals surface area (Å²) in [5.41, 5.74) is 3.67. The molecule has 37 heavy (non-hydrogen) atoms. The number of benzene rings is 2. The van der Waals surface area contributed by atoms with Gasteiger partial charge in [0.1, 0.15) is 0 Å². The molecule has 0 aliphatic carbocycles. The van der Waals surface area contributed by atoms with Crippen molar-refractivity contribution in [3.8, 4) is 0 Å². The molecular formula is C31H42N2O3S. The summed E-state index contributed by atoms with van der Waals surface area (Å²) >= 11 is 1.59. The third-order valence-electron chi connectivity index (χ3n) is 6.82. The minimum Gasteiger partial charge on any atom is -0.465 e. The van der Waals surface area contributed by atoms with Gasteiger partial charge in [0.25, 0.3) is 5.91 Å². The van der Waals surface area contributed by atoms with E-state index in [4.69, 9.17) is 4.74 Å². The van der Waals surface area contributed by atoms with Crippen LogP contribution in [0.1, 0.15) is 82.6 Å². The zero-order valence-electron chi connectivity index (χ0n) is 23.2. The molecule has 3 aromatic rings. The van der Waals surface area contributed by atoms with Crippen molar-refractivity contribution in [1.82, 2.24) is 4.57 Å². The van der Waals surface area contributed by atoms with Crippen LogP contribution in [0, 0.1) is 5.92 Å². The summed E-state index contributed by atoms with van der Waals surface area (Å²) in [7, 11) is 1.95. The molecule has 1 aromatic heterocycles. The molecule has 200 valence electrons. The third-order valence-corrected chi connectivity index (χ3v) is 7.88. The van der Waals surface area contributed by atoms with E-state index < -0.39 is 0 Å². The average molecular weight is 523 g/mol. The van der Waals surface area contributed by atoms with Crippen molar-refractivity contribution in [2.24, 2.45) is 13.0 Å². The highest BCUT2D eigenvalue weighted by Gasteiger charge is 2.19. The van der Waals surface area contributed by atoms with Crippen LogP contribution < -0.4 is 5.32 Å². The third kappa shape index (κ3) is 7.88. The van der Waals surface area contributed by atoms with Gasteiger partial charge in [-0.25, -0.2) is 0 Å². The van der Waals surface area contributed by atoms with E-state index in [2.05, 4.69) is 52.1 Å². The number of amides is 1. The zero-order chi connectivity index (χ0) is 27.0. The number of esters is 1. The van der Waals surface area contributed by atoms with E-state index in [9.17, 15) is 9.59 Å². The Morgan fingerprint density at radius 2 is 1.81 bits per heavy atom. The highest BCUT2D eigenvalue weighted by Crippen LogP contribution is 2.33. The lowest BCUT2D eigenvalue weighted by atomic mass is 9.87. The van der Waals surface area contributed by atoms with Gasteiger partial charge in [-0.2, -0.15) is 0 Å². The molecule has 1 atom stereocenters. The van der Waals surface area contributed by atoms with Gasteiger partial charge >= 0.3 is 5.97 Å². The molecule has 3 rings (SSSR count). The fourth-order valence-electron chi connectivity index (χ4n) is 4.38. The second kappa shape index (κ2) is 13.2. The molecule has 0 spiro atoms. The predicted molar refractivity (Wildman–Crippen MR) is 156 cm³/mol. The van der Waals surface area contributed by atoms with Crippen LogP contribution in [0.15, 0.2) is 53.6 Å². The lowest BCUT2D eigenvalue weighted by Gasteiger charge is -2.19. The number of ether oxygens (including phenoxy) is 1. The maximum Gasteiger partial charge on any atom is 0.306 e. The number of carbonyl (C=O) groups excluding carboxylic acids is 2. The van der Waals surface area contributed by atoms with Crippen LogP contribution in [0.2, 0.25) is 0 Å². The summed E-state index contributed by atoms with van der Waals surface area (Å²) in [5.74, 6) is 0.757. The van der Waals surface area contributed by atoms with Gasteiger partial charge in [-0.3, -0.25) is 9.59 Å². The molecule has 6 heteroatoms. The molecule has 0 radical (unpaired) electrons. The standard InChI is InChI=1S/C31H42N2O3S/c1-7-9-11-22(8-2)21-36-28(34)18-19-37-27-13-10-12-26-29(27)25(20-33(26)6)30(35)32-24-16-14-23(15-17-24)31(3,4)5/h10,12-17,20,22H,7-9,11,18-19,21H2,1-6H3,(H,32,35). The van der Waals surface area contributed by atoms with Crippen molar-refractivity contribution < 1.29 is 14.3 Å². The molecule has 0 fully saturated rings. The maximum absolute atomic E-state index is 13.3. The molecule has 0 aliphatic heterocycles. The van der Waals surface area contributed by atoms with E-state index in [1.54, 1.807) is 11.8 Å². The van der Waals surface area contributed by atoms with Gasteiger partial charge in [0.2, 0.25) is 0 Å². The topological polar surface area (TPSA) is 60.3 Å². The number of nitrogens with one attached hydrogen (secondary N) is 1. The van der Waals surface area contributed by atoms with Crippen LogP contribution >= 0.6 is 11.8 Å². The van der Waals surface area contributed by atoms with Crippen molar-refractivity contribution in [3.05, 3.63) is 59.8 Å². The van der Waals surface area contributed by atoms with Gasteiger partial charge in [0.15, 0.2) is 0 Å². The number of unbranched alkanes of at least 4 members (excludes halogenated alkanes) is 1. The van der Waals surface area contributed by atoms with Crippen LogP contribution in [0.3, 0.4) is 0 Å². The van der Waals surface area contributed by atoms with E-state index >= 15 is 0 Å². The second-order valence-corrected chi connectivity index (χ2v) is 11.9. The summed E-state index contributed by atoms with van der Waals surface area (Å²) in [4.78, 5) is 26.7. The first kappa shape index (κ1) is 28.8. The molecule has 1 heterocycles.